The van der Waals surface area contributed by atoms with Crippen LogP contribution >= 0.6 is 31.9 Å². The van der Waals surface area contributed by atoms with Gasteiger partial charge in [0, 0.05) is 15.7 Å². The lowest BCUT2D eigenvalue weighted by Gasteiger charge is -2.08. The van der Waals surface area contributed by atoms with Gasteiger partial charge in [0.05, 0.1) is 17.2 Å². The molecule has 0 fully saturated rings. The Hall–Kier alpha value is -2.38. The van der Waals surface area contributed by atoms with Crippen molar-refractivity contribution in [3.63, 3.8) is 0 Å². The van der Waals surface area contributed by atoms with Crippen molar-refractivity contribution in [2.24, 2.45) is 5.10 Å². The smallest absolute Gasteiger partial charge is 0.259 e. The summed E-state index contributed by atoms with van der Waals surface area (Å²) in [6.07, 6.45) is 1.40. The van der Waals surface area contributed by atoms with Gasteiger partial charge in [-0.05, 0) is 57.4 Å². The highest BCUT2D eigenvalue weighted by molar-refractivity contribution is 9.11. The Balaban J connectivity index is 1.59. The van der Waals surface area contributed by atoms with Crippen molar-refractivity contribution in [3.05, 3.63) is 68.6 Å². The molecule has 3 N–H and O–H groups in total. The Morgan fingerprint density at radius 3 is 2.67 bits per heavy atom. The van der Waals surface area contributed by atoms with Crippen molar-refractivity contribution in [2.75, 3.05) is 11.9 Å². The Kier molecular flexibility index (Phi) is 6.13. The fourth-order valence-electron chi connectivity index (χ4n) is 2.52. The number of carbonyl (C=O) groups excluding carboxylic acids is 1. The van der Waals surface area contributed by atoms with Gasteiger partial charge >= 0.3 is 0 Å². The van der Waals surface area contributed by atoms with Gasteiger partial charge in [0.15, 0.2) is 0 Å². The predicted octanol–water partition coefficient (Wildman–Crippen LogP) is 4.94. The number of anilines is 1. The first-order chi connectivity index (χ1) is 13.0. The highest BCUT2D eigenvalue weighted by Gasteiger charge is 2.10. The average Bonchev–Trinajstić information content (AvgIpc) is 2.68. The third-order valence-corrected chi connectivity index (χ3v) is 5.84. The molecule has 3 aromatic carbocycles. The molecule has 0 heterocycles. The zero-order chi connectivity index (χ0) is 19.4. The van der Waals surface area contributed by atoms with Crippen LogP contribution in [0.4, 0.5) is 5.69 Å². The minimum Gasteiger partial charge on any atom is -0.506 e. The maximum absolute atomic E-state index is 12.0. The van der Waals surface area contributed by atoms with Gasteiger partial charge in [0.1, 0.15) is 5.75 Å². The van der Waals surface area contributed by atoms with E-state index in [1.165, 1.54) is 6.21 Å². The first-order valence-corrected chi connectivity index (χ1v) is 9.76. The molecule has 3 aromatic rings. The number of carbonyl (C=O) groups is 1. The average molecular weight is 491 g/mol. The van der Waals surface area contributed by atoms with Crippen LogP contribution in [0.15, 0.2) is 62.6 Å². The Bertz CT molecular complexity index is 1040. The molecule has 1 amide bonds. The first kappa shape index (κ1) is 19.4. The van der Waals surface area contributed by atoms with Crippen LogP contribution in [-0.2, 0) is 4.79 Å². The lowest BCUT2D eigenvalue weighted by Crippen LogP contribution is -2.25. The molecule has 27 heavy (non-hydrogen) atoms. The predicted molar refractivity (Wildman–Crippen MR) is 116 cm³/mol. The highest BCUT2D eigenvalue weighted by Crippen LogP contribution is 2.35. The van der Waals surface area contributed by atoms with Crippen molar-refractivity contribution < 1.29 is 9.90 Å². The normalized spacial score (nSPS) is 11.1. The maximum Gasteiger partial charge on any atom is 0.259 e. The van der Waals surface area contributed by atoms with Crippen molar-refractivity contribution in [1.29, 1.82) is 0 Å². The molecule has 0 spiro atoms. The van der Waals surface area contributed by atoms with Gasteiger partial charge in [0.25, 0.3) is 5.91 Å². The molecular weight excluding hydrogens is 474 g/mol. The van der Waals surface area contributed by atoms with Gasteiger partial charge in [-0.25, -0.2) is 5.43 Å². The van der Waals surface area contributed by atoms with Crippen LogP contribution in [0.2, 0.25) is 0 Å². The summed E-state index contributed by atoms with van der Waals surface area (Å²) in [5, 5.41) is 19.4. The van der Waals surface area contributed by atoms with E-state index in [0.29, 0.717) is 10.0 Å². The van der Waals surface area contributed by atoms with Gasteiger partial charge in [-0.2, -0.15) is 5.10 Å². The molecule has 138 valence electrons. The molecule has 3 rings (SSSR count). The van der Waals surface area contributed by atoms with Crippen LogP contribution in [0.25, 0.3) is 10.8 Å². The number of rotatable bonds is 5. The summed E-state index contributed by atoms with van der Waals surface area (Å²) < 4.78 is 1.42. The molecule has 0 saturated heterocycles. The van der Waals surface area contributed by atoms with Crippen LogP contribution in [0.1, 0.15) is 11.1 Å². The zero-order valence-corrected chi connectivity index (χ0v) is 17.6. The number of aromatic hydroxyl groups is 1. The lowest BCUT2D eigenvalue weighted by molar-refractivity contribution is -0.119. The van der Waals surface area contributed by atoms with Gasteiger partial charge < -0.3 is 10.4 Å². The lowest BCUT2D eigenvalue weighted by atomic mass is 10.1. The Morgan fingerprint density at radius 2 is 1.89 bits per heavy atom. The van der Waals surface area contributed by atoms with Crippen molar-refractivity contribution >= 4 is 60.4 Å². The second-order valence-electron chi connectivity index (χ2n) is 5.94. The highest BCUT2D eigenvalue weighted by atomic mass is 79.9. The molecule has 0 unspecified atom stereocenters. The summed E-state index contributed by atoms with van der Waals surface area (Å²) in [5.74, 6) is -0.216. The van der Waals surface area contributed by atoms with Crippen LogP contribution in [0.5, 0.6) is 5.75 Å². The molecule has 0 aliphatic carbocycles. The second kappa shape index (κ2) is 8.54. The number of nitrogens with one attached hydrogen (secondary N) is 2. The summed E-state index contributed by atoms with van der Waals surface area (Å²) >= 11 is 6.75. The molecule has 5 nitrogen and oxygen atoms in total. The number of fused-ring (bicyclic) bond motifs is 1. The second-order valence-corrected chi connectivity index (χ2v) is 7.59. The van der Waals surface area contributed by atoms with E-state index in [-0.39, 0.29) is 18.2 Å². The number of hydrogen-bond acceptors (Lipinski definition) is 4. The minimum atomic E-state index is -0.288. The van der Waals surface area contributed by atoms with Gasteiger partial charge in [-0.3, -0.25) is 4.79 Å². The van der Waals surface area contributed by atoms with E-state index in [0.717, 1.165) is 26.5 Å². The summed E-state index contributed by atoms with van der Waals surface area (Å²) in [6.45, 7) is 1.96. The quantitative estimate of drug-likeness (QED) is 0.350. The minimum absolute atomic E-state index is 0.0722. The van der Waals surface area contributed by atoms with E-state index >= 15 is 0 Å². The monoisotopic (exact) mass is 489 g/mol. The third-order valence-electron chi connectivity index (χ3n) is 4.05. The van der Waals surface area contributed by atoms with Gasteiger partial charge in [-0.15, -0.1) is 0 Å². The Labute approximate surface area is 173 Å². The molecule has 0 bridgehead atoms. The maximum atomic E-state index is 12.0. The largest absolute Gasteiger partial charge is 0.506 e. The van der Waals surface area contributed by atoms with Gasteiger partial charge in [-0.1, -0.05) is 46.3 Å². The van der Waals surface area contributed by atoms with Crippen molar-refractivity contribution in [1.82, 2.24) is 5.43 Å². The van der Waals surface area contributed by atoms with Crippen molar-refractivity contribution in [3.8, 4) is 5.75 Å². The summed E-state index contributed by atoms with van der Waals surface area (Å²) in [4.78, 5) is 12.0. The SMILES string of the molecule is Cc1c(Br)cc(/C=N/NC(=O)CNc2ccc3ccccc3c2)c(O)c1Br. The Morgan fingerprint density at radius 1 is 1.15 bits per heavy atom. The van der Waals surface area contributed by atoms with Crippen LogP contribution in [0.3, 0.4) is 0 Å². The fraction of sp³-hybridized carbons (Fsp3) is 0.100. The van der Waals surface area contributed by atoms with E-state index in [2.05, 4.69) is 47.7 Å². The molecule has 0 aromatic heterocycles. The van der Waals surface area contributed by atoms with Crippen LogP contribution in [0, 0.1) is 6.92 Å². The van der Waals surface area contributed by atoms with E-state index in [4.69, 9.17) is 0 Å². The molecule has 0 saturated carbocycles. The number of phenolic OH excluding ortho intramolecular Hbond substituents is 1. The number of nitrogens with zero attached hydrogens (tertiary/aromatic N) is 1. The third kappa shape index (κ3) is 4.67. The number of amides is 1. The molecule has 0 aliphatic rings. The summed E-state index contributed by atoms with van der Waals surface area (Å²) in [5.41, 5.74) is 4.67. The number of halogens is 2. The molecule has 0 radical (unpaired) electrons. The van der Waals surface area contributed by atoms with Crippen LogP contribution < -0.4 is 10.7 Å². The molecule has 0 aliphatic heterocycles. The standard InChI is InChI=1S/C20H17Br2N3O2/c1-12-17(21)9-15(20(27)19(12)22)10-24-25-18(26)11-23-16-7-6-13-4-2-3-5-14(13)8-16/h2-10,23,27H,11H2,1H3,(H,25,26)/b24-10+. The topological polar surface area (TPSA) is 73.7 Å². The zero-order valence-electron chi connectivity index (χ0n) is 14.5. The summed E-state index contributed by atoms with van der Waals surface area (Å²) in [6, 6.07) is 15.7. The van der Waals surface area contributed by atoms with E-state index in [9.17, 15) is 9.90 Å². The fourth-order valence-corrected chi connectivity index (χ4v) is 3.67. The number of hydrazone groups is 1. The molecule has 7 heteroatoms. The van der Waals surface area contributed by atoms with E-state index in [1.807, 2.05) is 49.4 Å². The van der Waals surface area contributed by atoms with E-state index in [1.54, 1.807) is 6.07 Å². The number of phenols is 1. The molecule has 0 atom stereocenters. The molecular formula is C20H17Br2N3O2. The van der Waals surface area contributed by atoms with Gasteiger partial charge in [0.2, 0.25) is 0 Å². The van der Waals surface area contributed by atoms with Crippen molar-refractivity contribution in [2.45, 2.75) is 6.92 Å². The van der Waals surface area contributed by atoms with Crippen LogP contribution in [-0.4, -0.2) is 23.8 Å². The van der Waals surface area contributed by atoms with E-state index < -0.39 is 0 Å². The summed E-state index contributed by atoms with van der Waals surface area (Å²) in [7, 11) is 0. The number of hydrogen-bond donors (Lipinski definition) is 3. The number of benzene rings is 3. The first-order valence-electron chi connectivity index (χ1n) is 8.18.